The molecule has 1 heterocycles. The number of hydrogen-bond acceptors (Lipinski definition) is 5. The summed E-state index contributed by atoms with van der Waals surface area (Å²) in [5.74, 6) is -6.93. The minimum absolute atomic E-state index is 0.134. The third kappa shape index (κ3) is 4.31. The van der Waals surface area contributed by atoms with Gasteiger partial charge in [-0.3, -0.25) is 4.90 Å². The lowest BCUT2D eigenvalue weighted by Crippen LogP contribution is -2.61. The van der Waals surface area contributed by atoms with E-state index in [0.717, 1.165) is 0 Å². The summed E-state index contributed by atoms with van der Waals surface area (Å²) in [6.07, 6.45) is -9.66. The van der Waals surface area contributed by atoms with E-state index in [1.54, 1.807) is 34.7 Å². The van der Waals surface area contributed by atoms with Crippen molar-refractivity contribution < 1.29 is 48.7 Å². The van der Waals surface area contributed by atoms with Crippen LogP contribution in [0.1, 0.15) is 40.5 Å². The molecule has 1 N–H and O–H groups in total. The number of carbonyl (C=O) groups is 1. The molecule has 0 aromatic heterocycles. The number of hydrogen-bond donors (Lipinski definition) is 1. The summed E-state index contributed by atoms with van der Waals surface area (Å²) in [6.45, 7) is 7.04. The van der Waals surface area contributed by atoms with Gasteiger partial charge in [0.1, 0.15) is 6.10 Å². The molecule has 1 saturated heterocycles. The van der Waals surface area contributed by atoms with Gasteiger partial charge in [-0.05, 0) is 34.7 Å². The van der Waals surface area contributed by atoms with Crippen LogP contribution < -0.4 is 4.72 Å². The van der Waals surface area contributed by atoms with Crippen LogP contribution in [0.15, 0.2) is 0 Å². The Kier molecular flexibility index (Phi) is 6.08. The Morgan fingerprint density at radius 3 is 1.75 bits per heavy atom. The zero-order valence-corrected chi connectivity index (χ0v) is 16.4. The third-order valence-electron chi connectivity index (χ3n) is 4.82. The first kappa shape index (κ1) is 24.7. The van der Waals surface area contributed by atoms with E-state index in [-0.39, 0.29) is 12.8 Å². The number of nitrogens with zero attached hydrogens (tertiary/aromatic N) is 1. The number of piperidine rings is 1. The molecule has 1 fully saturated rings. The Morgan fingerprint density at radius 2 is 1.39 bits per heavy atom. The van der Waals surface area contributed by atoms with E-state index < -0.39 is 50.7 Å². The Bertz CT molecular complexity index is 702. The van der Waals surface area contributed by atoms with Crippen molar-refractivity contribution in [2.24, 2.45) is 0 Å². The number of ether oxygens (including phenoxy) is 1. The molecule has 0 radical (unpaired) electrons. The Morgan fingerprint density at radius 1 is 1.00 bits per heavy atom. The summed E-state index contributed by atoms with van der Waals surface area (Å²) >= 11 is 0. The number of rotatable bonds is 4. The minimum atomic E-state index is -6.93. The molecule has 6 nitrogen and oxygen atoms in total. The van der Waals surface area contributed by atoms with E-state index in [4.69, 9.17) is 4.74 Å². The summed E-state index contributed by atoms with van der Waals surface area (Å²) in [5, 5.41) is -6.64. The topological polar surface area (TPSA) is 75.7 Å². The van der Waals surface area contributed by atoms with Crippen LogP contribution in [0.3, 0.4) is 0 Å². The first-order valence-corrected chi connectivity index (χ1v) is 9.36. The molecule has 0 aromatic rings. The average molecular weight is 446 g/mol. The number of amides is 1. The van der Waals surface area contributed by atoms with E-state index in [2.05, 4.69) is 0 Å². The van der Waals surface area contributed by atoms with E-state index >= 15 is 0 Å². The number of halogens is 7. The van der Waals surface area contributed by atoms with E-state index in [9.17, 15) is 43.9 Å². The van der Waals surface area contributed by atoms with Crippen molar-refractivity contribution >= 4 is 16.1 Å². The fourth-order valence-electron chi connectivity index (χ4n) is 3.05. The molecule has 1 rings (SSSR count). The van der Waals surface area contributed by atoms with Crippen molar-refractivity contribution in [2.75, 3.05) is 7.05 Å². The molecule has 0 spiro atoms. The van der Waals surface area contributed by atoms with Crippen LogP contribution in [-0.4, -0.2) is 61.0 Å². The van der Waals surface area contributed by atoms with Crippen molar-refractivity contribution in [2.45, 2.75) is 75.1 Å². The number of carbonyl (C=O) groups excluding carboxylic acids is 1. The van der Waals surface area contributed by atoms with Gasteiger partial charge in [0.25, 0.3) is 0 Å². The second-order valence-corrected chi connectivity index (χ2v) is 9.54. The lowest BCUT2D eigenvalue weighted by Gasteiger charge is -2.53. The van der Waals surface area contributed by atoms with Gasteiger partial charge in [-0.25, -0.2) is 9.52 Å². The van der Waals surface area contributed by atoms with Crippen LogP contribution in [0.25, 0.3) is 0 Å². The molecule has 0 bridgehead atoms. The van der Waals surface area contributed by atoms with Crippen LogP contribution >= 0.6 is 0 Å². The van der Waals surface area contributed by atoms with E-state index in [0.29, 0.717) is 4.72 Å². The number of likely N-dealkylation sites (tertiary alicyclic amines) is 1. The summed E-state index contributed by atoms with van der Waals surface area (Å²) in [6, 6.07) is 0. The Balaban J connectivity index is 2.99. The highest BCUT2D eigenvalue weighted by atomic mass is 32.2. The van der Waals surface area contributed by atoms with E-state index in [1.807, 2.05) is 4.90 Å². The second-order valence-electron chi connectivity index (χ2n) is 7.81. The molecular weight excluding hydrogens is 425 g/mol. The summed E-state index contributed by atoms with van der Waals surface area (Å²) in [5.41, 5.74) is -1.14. The quantitative estimate of drug-likeness (QED) is 0.670. The van der Waals surface area contributed by atoms with Gasteiger partial charge < -0.3 is 4.74 Å². The van der Waals surface area contributed by atoms with Gasteiger partial charge in [0.05, 0.1) is 0 Å². The van der Waals surface area contributed by atoms with Crippen molar-refractivity contribution in [1.29, 1.82) is 0 Å². The standard InChI is InChI=1S/C14H21F7N2O4S/c1-10(2)6-8(7-11(3,4)23(10)5)27-9(24)22-28(25,26)14(20,21)12(15,16)13(17,18)19/h8H,6-7H2,1-5H3,(H,22,24). The first-order valence-electron chi connectivity index (χ1n) is 7.88. The number of alkyl halides is 7. The van der Waals surface area contributed by atoms with E-state index in [1.165, 1.54) is 0 Å². The maximum Gasteiger partial charge on any atom is 0.461 e. The van der Waals surface area contributed by atoms with Gasteiger partial charge in [-0.15, -0.1) is 0 Å². The number of nitrogens with one attached hydrogen (secondary N) is 1. The molecule has 0 aromatic carbocycles. The van der Waals surface area contributed by atoms with Gasteiger partial charge in [0.15, 0.2) is 0 Å². The lowest BCUT2D eigenvalue weighted by atomic mass is 9.79. The smallest absolute Gasteiger partial charge is 0.445 e. The Labute approximate surface area is 157 Å². The summed E-state index contributed by atoms with van der Waals surface area (Å²) in [4.78, 5) is 13.6. The van der Waals surface area contributed by atoms with Crippen LogP contribution in [0, 0.1) is 0 Å². The normalized spacial score (nSPS) is 22.0. The minimum Gasteiger partial charge on any atom is -0.445 e. The van der Waals surface area contributed by atoms with Crippen molar-refractivity contribution in [3.63, 3.8) is 0 Å². The molecule has 1 aliphatic rings. The highest BCUT2D eigenvalue weighted by molar-refractivity contribution is 7.91. The molecular formula is C14H21F7N2O4S. The van der Waals surface area contributed by atoms with Gasteiger partial charge >= 0.3 is 33.5 Å². The molecule has 28 heavy (non-hydrogen) atoms. The zero-order chi connectivity index (χ0) is 22.6. The SMILES string of the molecule is CN1C(C)(C)CC(OC(=O)NS(=O)(=O)C(F)(F)C(F)(F)C(F)(F)F)CC1(C)C. The summed E-state index contributed by atoms with van der Waals surface area (Å²) in [7, 11) is -4.98. The molecule has 14 heteroatoms. The number of sulfonamides is 1. The maximum absolute atomic E-state index is 13.4. The van der Waals surface area contributed by atoms with Gasteiger partial charge in [-0.2, -0.15) is 39.2 Å². The molecule has 0 aliphatic carbocycles. The zero-order valence-electron chi connectivity index (χ0n) is 15.6. The van der Waals surface area contributed by atoms with Crippen LogP contribution in [-0.2, 0) is 14.8 Å². The first-order chi connectivity index (χ1) is 12.1. The predicted octanol–water partition coefficient (Wildman–Crippen LogP) is 3.48. The van der Waals surface area contributed by atoms with Crippen LogP contribution in [0.5, 0.6) is 0 Å². The molecule has 1 aliphatic heterocycles. The highest BCUT2D eigenvalue weighted by Crippen LogP contribution is 2.48. The molecule has 1 amide bonds. The largest absolute Gasteiger partial charge is 0.461 e. The molecule has 166 valence electrons. The second kappa shape index (κ2) is 6.89. The predicted molar refractivity (Wildman–Crippen MR) is 83.4 cm³/mol. The van der Waals surface area contributed by atoms with Gasteiger partial charge in [0.2, 0.25) is 0 Å². The van der Waals surface area contributed by atoms with Crippen molar-refractivity contribution in [3.05, 3.63) is 0 Å². The van der Waals surface area contributed by atoms with Crippen LogP contribution in [0.4, 0.5) is 35.5 Å². The van der Waals surface area contributed by atoms with Gasteiger partial charge in [0, 0.05) is 23.9 Å². The third-order valence-corrected chi connectivity index (χ3v) is 6.19. The van der Waals surface area contributed by atoms with Crippen LogP contribution in [0.2, 0.25) is 0 Å². The molecule has 0 saturated carbocycles. The highest BCUT2D eigenvalue weighted by Gasteiger charge is 2.79. The fourth-order valence-corrected chi connectivity index (χ4v) is 3.89. The van der Waals surface area contributed by atoms with Crippen molar-refractivity contribution in [3.8, 4) is 0 Å². The maximum atomic E-state index is 13.4. The summed E-state index contributed by atoms with van der Waals surface area (Å²) < 4.78 is 117. The molecule has 0 unspecified atom stereocenters. The molecule has 0 atom stereocenters. The van der Waals surface area contributed by atoms with Gasteiger partial charge in [-0.1, -0.05) is 0 Å². The fraction of sp³-hybridized carbons (Fsp3) is 0.929. The lowest BCUT2D eigenvalue weighted by molar-refractivity contribution is -0.332. The monoisotopic (exact) mass is 446 g/mol. The average Bonchev–Trinajstić information content (AvgIpc) is 2.41. The van der Waals surface area contributed by atoms with Crippen molar-refractivity contribution in [1.82, 2.24) is 9.62 Å². The Hall–Kier alpha value is -1.31.